The zero-order valence-corrected chi connectivity index (χ0v) is 13.6. The maximum Gasteiger partial charge on any atom is 0.282 e. The minimum absolute atomic E-state index is 0.0878. The van der Waals surface area contributed by atoms with E-state index in [0.29, 0.717) is 11.5 Å². The molecule has 1 saturated carbocycles. The number of hydrogen-bond donors (Lipinski definition) is 1. The highest BCUT2D eigenvalue weighted by Crippen LogP contribution is 2.27. The van der Waals surface area contributed by atoms with Crippen LogP contribution in [0.5, 0.6) is 0 Å². The number of rotatable bonds is 4. The Bertz CT molecular complexity index is 548. The maximum absolute atomic E-state index is 12.5. The molecule has 1 aromatic carbocycles. The van der Waals surface area contributed by atoms with Crippen LogP contribution in [-0.2, 0) is 0 Å². The lowest BCUT2D eigenvalue weighted by Crippen LogP contribution is -2.43. The molecule has 1 N–H and O–H groups in total. The molecule has 1 aliphatic carbocycles. The summed E-state index contributed by atoms with van der Waals surface area (Å²) in [5, 5.41) is 14.9. The van der Waals surface area contributed by atoms with Gasteiger partial charge in [0.25, 0.3) is 11.6 Å². The van der Waals surface area contributed by atoms with Crippen molar-refractivity contribution in [2.45, 2.75) is 38.6 Å². The van der Waals surface area contributed by atoms with Crippen LogP contribution in [0, 0.1) is 23.0 Å². The smallest absolute Gasteiger partial charge is 0.282 e. The fourth-order valence-corrected chi connectivity index (χ4v) is 3.70. The maximum atomic E-state index is 12.5. The first kappa shape index (κ1) is 15.9. The Morgan fingerprint density at radius 2 is 2.14 bits per heavy atom. The van der Waals surface area contributed by atoms with Gasteiger partial charge in [-0.2, -0.15) is 0 Å². The number of aryl methyl sites for hydroxylation is 1. The Hall–Kier alpha value is -1.43. The van der Waals surface area contributed by atoms with Crippen molar-refractivity contribution in [3.63, 3.8) is 0 Å². The van der Waals surface area contributed by atoms with E-state index < -0.39 is 4.92 Å². The molecule has 0 aliphatic heterocycles. The number of halogens is 1. The standard InChI is InChI=1S/C15H19BrN2O3/c1-10-5-4-8-13(18(20)21)14(10)15(19)17-12-7-3-2-6-11(12)9-16/h4-5,8,11-12H,2-3,6-7,9H2,1H3,(H,17,19). The van der Waals surface area contributed by atoms with E-state index in [4.69, 9.17) is 0 Å². The molecule has 0 bridgehead atoms. The molecular weight excluding hydrogens is 336 g/mol. The van der Waals surface area contributed by atoms with Gasteiger partial charge >= 0.3 is 0 Å². The Morgan fingerprint density at radius 1 is 1.43 bits per heavy atom. The van der Waals surface area contributed by atoms with E-state index in [1.165, 1.54) is 12.5 Å². The first-order valence-corrected chi connectivity index (χ1v) is 8.27. The third-order valence-electron chi connectivity index (χ3n) is 4.10. The van der Waals surface area contributed by atoms with Crippen molar-refractivity contribution in [1.29, 1.82) is 0 Å². The molecule has 2 unspecified atom stereocenters. The summed E-state index contributed by atoms with van der Waals surface area (Å²) < 4.78 is 0. The topological polar surface area (TPSA) is 72.2 Å². The second-order valence-corrected chi connectivity index (χ2v) is 6.15. The van der Waals surface area contributed by atoms with Crippen LogP contribution in [0.4, 0.5) is 5.69 Å². The second-order valence-electron chi connectivity index (χ2n) is 5.50. The zero-order chi connectivity index (χ0) is 15.4. The molecule has 114 valence electrons. The minimum atomic E-state index is -0.495. The minimum Gasteiger partial charge on any atom is -0.349 e. The van der Waals surface area contributed by atoms with E-state index in [1.807, 2.05) is 0 Å². The molecule has 0 radical (unpaired) electrons. The summed E-state index contributed by atoms with van der Waals surface area (Å²) in [6, 6.07) is 4.80. The highest BCUT2D eigenvalue weighted by atomic mass is 79.9. The normalized spacial score (nSPS) is 21.8. The predicted molar refractivity (Wildman–Crippen MR) is 84.8 cm³/mol. The van der Waals surface area contributed by atoms with Crippen molar-refractivity contribution in [3.8, 4) is 0 Å². The molecule has 6 heteroatoms. The van der Waals surface area contributed by atoms with Crippen molar-refractivity contribution >= 4 is 27.5 Å². The molecule has 0 saturated heterocycles. The van der Waals surface area contributed by atoms with Crippen LogP contribution in [0.25, 0.3) is 0 Å². The number of carbonyl (C=O) groups excluding carboxylic acids is 1. The molecule has 5 nitrogen and oxygen atoms in total. The highest BCUT2D eigenvalue weighted by molar-refractivity contribution is 9.09. The van der Waals surface area contributed by atoms with Gasteiger partial charge in [-0.3, -0.25) is 14.9 Å². The molecule has 1 fully saturated rings. The number of hydrogen-bond acceptors (Lipinski definition) is 3. The summed E-state index contributed by atoms with van der Waals surface area (Å²) in [5.41, 5.74) is 0.688. The molecule has 0 aromatic heterocycles. The number of nitrogens with one attached hydrogen (secondary N) is 1. The summed E-state index contributed by atoms with van der Waals surface area (Å²) in [6.07, 6.45) is 4.27. The molecular formula is C15H19BrN2O3. The van der Waals surface area contributed by atoms with Crippen LogP contribution >= 0.6 is 15.9 Å². The quantitative estimate of drug-likeness (QED) is 0.510. The van der Waals surface area contributed by atoms with Gasteiger partial charge in [-0.15, -0.1) is 0 Å². The summed E-state index contributed by atoms with van der Waals surface area (Å²) in [7, 11) is 0. The van der Waals surface area contributed by atoms with Crippen LogP contribution < -0.4 is 5.32 Å². The Kier molecular flexibility index (Phi) is 5.33. The summed E-state index contributed by atoms with van der Waals surface area (Å²) in [4.78, 5) is 23.1. The Labute approximate surface area is 132 Å². The van der Waals surface area contributed by atoms with E-state index in [0.717, 1.165) is 24.6 Å². The van der Waals surface area contributed by atoms with Gasteiger partial charge in [0, 0.05) is 17.4 Å². The first-order chi connectivity index (χ1) is 10.0. The summed E-state index contributed by atoms with van der Waals surface area (Å²) >= 11 is 3.49. The zero-order valence-electron chi connectivity index (χ0n) is 12.0. The van der Waals surface area contributed by atoms with Gasteiger partial charge in [-0.1, -0.05) is 40.9 Å². The molecule has 21 heavy (non-hydrogen) atoms. The fourth-order valence-electron chi connectivity index (χ4n) is 2.92. The van der Waals surface area contributed by atoms with E-state index in [1.54, 1.807) is 19.1 Å². The SMILES string of the molecule is Cc1cccc([N+](=O)[O-])c1C(=O)NC1CCCCC1CBr. The number of nitrogens with zero attached hydrogens (tertiary/aromatic N) is 1. The second kappa shape index (κ2) is 7.02. The third kappa shape index (κ3) is 3.61. The molecule has 1 aliphatic rings. The number of nitro benzene ring substituents is 1. The van der Waals surface area contributed by atoms with Gasteiger partial charge in [-0.05, 0) is 31.2 Å². The van der Waals surface area contributed by atoms with Crippen molar-refractivity contribution in [3.05, 3.63) is 39.4 Å². The van der Waals surface area contributed by atoms with Crippen molar-refractivity contribution in [1.82, 2.24) is 5.32 Å². The van der Waals surface area contributed by atoms with Gasteiger partial charge in [0.15, 0.2) is 0 Å². The van der Waals surface area contributed by atoms with Crippen molar-refractivity contribution in [2.75, 3.05) is 5.33 Å². The van der Waals surface area contributed by atoms with Crippen LogP contribution in [0.3, 0.4) is 0 Å². The van der Waals surface area contributed by atoms with Crippen LogP contribution in [0.1, 0.15) is 41.6 Å². The molecule has 1 amide bonds. The summed E-state index contributed by atoms with van der Waals surface area (Å²) in [6.45, 7) is 1.73. The summed E-state index contributed by atoms with van der Waals surface area (Å²) in [5.74, 6) is 0.0587. The number of nitro groups is 1. The average Bonchev–Trinajstić information content (AvgIpc) is 2.47. The predicted octanol–water partition coefficient (Wildman–Crippen LogP) is 3.59. The third-order valence-corrected chi connectivity index (χ3v) is 4.93. The Balaban J connectivity index is 2.22. The van der Waals surface area contributed by atoms with Gasteiger partial charge in [0.1, 0.15) is 5.56 Å². The Morgan fingerprint density at radius 3 is 2.81 bits per heavy atom. The molecule has 1 aromatic rings. The monoisotopic (exact) mass is 354 g/mol. The molecule has 0 spiro atoms. The number of benzene rings is 1. The van der Waals surface area contributed by atoms with Gasteiger partial charge in [0.05, 0.1) is 4.92 Å². The van der Waals surface area contributed by atoms with E-state index in [-0.39, 0.29) is 23.2 Å². The van der Waals surface area contributed by atoms with E-state index >= 15 is 0 Å². The highest BCUT2D eigenvalue weighted by Gasteiger charge is 2.29. The lowest BCUT2D eigenvalue weighted by Gasteiger charge is -2.31. The molecule has 2 rings (SSSR count). The van der Waals surface area contributed by atoms with Gasteiger partial charge < -0.3 is 5.32 Å². The molecule has 2 atom stereocenters. The van der Waals surface area contributed by atoms with Gasteiger partial charge in [0.2, 0.25) is 0 Å². The lowest BCUT2D eigenvalue weighted by molar-refractivity contribution is -0.385. The fraction of sp³-hybridized carbons (Fsp3) is 0.533. The largest absolute Gasteiger partial charge is 0.349 e. The van der Waals surface area contributed by atoms with Crippen molar-refractivity contribution < 1.29 is 9.72 Å². The lowest BCUT2D eigenvalue weighted by atomic mass is 9.85. The van der Waals surface area contributed by atoms with Gasteiger partial charge in [-0.25, -0.2) is 0 Å². The number of alkyl halides is 1. The number of carbonyl (C=O) groups is 1. The van der Waals surface area contributed by atoms with E-state index in [2.05, 4.69) is 21.2 Å². The van der Waals surface area contributed by atoms with Crippen LogP contribution in [0.15, 0.2) is 18.2 Å². The average molecular weight is 355 g/mol. The van der Waals surface area contributed by atoms with Crippen molar-refractivity contribution in [2.24, 2.45) is 5.92 Å². The number of amides is 1. The first-order valence-electron chi connectivity index (χ1n) is 7.15. The van der Waals surface area contributed by atoms with Crippen LogP contribution in [0.2, 0.25) is 0 Å². The van der Waals surface area contributed by atoms with Crippen LogP contribution in [-0.4, -0.2) is 22.2 Å². The van der Waals surface area contributed by atoms with E-state index in [9.17, 15) is 14.9 Å². The molecule has 0 heterocycles.